The van der Waals surface area contributed by atoms with Crippen molar-refractivity contribution >= 4 is 21.6 Å². The number of anilines is 1. The van der Waals surface area contributed by atoms with Crippen LogP contribution in [0.2, 0.25) is 0 Å². The van der Waals surface area contributed by atoms with Crippen molar-refractivity contribution in [3.63, 3.8) is 0 Å². The zero-order valence-corrected chi connectivity index (χ0v) is 12.2. The highest BCUT2D eigenvalue weighted by molar-refractivity contribution is 9.10. The van der Waals surface area contributed by atoms with Crippen molar-refractivity contribution in [2.45, 2.75) is 26.9 Å². The van der Waals surface area contributed by atoms with Gasteiger partial charge in [0.15, 0.2) is 0 Å². The Hall–Kier alpha value is -1.43. The van der Waals surface area contributed by atoms with Crippen LogP contribution in [0, 0.1) is 13.8 Å². The van der Waals surface area contributed by atoms with Crippen LogP contribution in [0.1, 0.15) is 23.5 Å². The lowest BCUT2D eigenvalue weighted by atomic mass is 10.1. The first-order valence-electron chi connectivity index (χ1n) is 5.79. The minimum atomic E-state index is -2.56. The highest BCUT2D eigenvalue weighted by Gasteiger charge is 2.12. The molecule has 1 heterocycles. The van der Waals surface area contributed by atoms with Crippen LogP contribution in [0.15, 0.2) is 29.0 Å². The van der Waals surface area contributed by atoms with Crippen LogP contribution in [-0.2, 0) is 6.54 Å². The summed E-state index contributed by atoms with van der Waals surface area (Å²) >= 11 is 3.42. The van der Waals surface area contributed by atoms with Crippen LogP contribution in [0.5, 0.6) is 0 Å². The molecular weight excluding hydrogens is 316 g/mol. The second-order valence-corrected chi connectivity index (χ2v) is 5.21. The second-order valence-electron chi connectivity index (χ2n) is 4.30. The Morgan fingerprint density at radius 1 is 1.32 bits per heavy atom. The molecule has 0 spiro atoms. The molecule has 0 unspecified atom stereocenters. The Morgan fingerprint density at radius 2 is 1.95 bits per heavy atom. The number of aryl methyl sites for hydroxylation is 2. The summed E-state index contributed by atoms with van der Waals surface area (Å²) in [5.41, 5.74) is 3.07. The summed E-state index contributed by atoms with van der Waals surface area (Å²) in [4.78, 5) is 3.94. The van der Waals surface area contributed by atoms with Crippen LogP contribution in [0.25, 0.3) is 0 Å². The summed E-state index contributed by atoms with van der Waals surface area (Å²) < 4.78 is 27.2. The van der Waals surface area contributed by atoms with E-state index in [1.165, 1.54) is 12.4 Å². The third-order valence-corrected chi connectivity index (χ3v) is 3.34. The van der Waals surface area contributed by atoms with Gasteiger partial charge in [0.25, 0.3) is 0 Å². The maximum absolute atomic E-state index is 12.7. The summed E-state index contributed by atoms with van der Waals surface area (Å²) in [5, 5.41) is 3.17. The number of hydrogen-bond donors (Lipinski definition) is 1. The molecule has 0 saturated heterocycles. The van der Waals surface area contributed by atoms with Gasteiger partial charge < -0.3 is 5.32 Å². The van der Waals surface area contributed by atoms with Gasteiger partial charge in [-0.25, -0.2) is 4.98 Å². The lowest BCUT2D eigenvalue weighted by Gasteiger charge is -2.14. The van der Waals surface area contributed by atoms with Gasteiger partial charge in [-0.1, -0.05) is 15.9 Å². The molecule has 2 rings (SSSR count). The molecule has 0 fully saturated rings. The SMILES string of the molecule is Cc1cc(Br)cc(C)c1NCc1nccn1C(F)F. The normalized spacial score (nSPS) is 11.1. The third-order valence-electron chi connectivity index (χ3n) is 2.88. The number of benzene rings is 1. The summed E-state index contributed by atoms with van der Waals surface area (Å²) in [6, 6.07) is 3.96. The van der Waals surface area contributed by atoms with E-state index in [0.717, 1.165) is 25.9 Å². The Bertz CT molecular complexity index is 558. The van der Waals surface area contributed by atoms with Crippen LogP contribution in [-0.4, -0.2) is 9.55 Å². The summed E-state index contributed by atoms with van der Waals surface area (Å²) in [6.45, 7) is 1.64. The van der Waals surface area contributed by atoms with Crippen molar-refractivity contribution in [3.8, 4) is 0 Å². The zero-order chi connectivity index (χ0) is 14.0. The lowest BCUT2D eigenvalue weighted by molar-refractivity contribution is 0.0673. The lowest BCUT2D eigenvalue weighted by Crippen LogP contribution is -2.10. The second kappa shape index (κ2) is 5.69. The number of imidazole rings is 1. The van der Waals surface area contributed by atoms with Gasteiger partial charge in [0.2, 0.25) is 0 Å². The molecule has 0 aliphatic heterocycles. The Balaban J connectivity index is 2.17. The van der Waals surface area contributed by atoms with E-state index in [2.05, 4.69) is 26.2 Å². The first kappa shape index (κ1) is 14.0. The van der Waals surface area contributed by atoms with E-state index < -0.39 is 6.55 Å². The largest absolute Gasteiger partial charge is 0.377 e. The van der Waals surface area contributed by atoms with Crippen LogP contribution >= 0.6 is 15.9 Å². The molecule has 1 N–H and O–H groups in total. The molecule has 0 aliphatic rings. The predicted octanol–water partition coefficient (Wildman–Crippen LogP) is 4.27. The van der Waals surface area contributed by atoms with E-state index in [1.807, 2.05) is 26.0 Å². The fourth-order valence-electron chi connectivity index (χ4n) is 2.02. The van der Waals surface area contributed by atoms with Gasteiger partial charge in [0.1, 0.15) is 5.82 Å². The molecule has 0 saturated carbocycles. The van der Waals surface area contributed by atoms with E-state index in [1.54, 1.807) is 0 Å². The van der Waals surface area contributed by atoms with Crippen molar-refractivity contribution in [1.82, 2.24) is 9.55 Å². The minimum Gasteiger partial charge on any atom is -0.377 e. The molecule has 6 heteroatoms. The molecule has 0 radical (unpaired) electrons. The standard InChI is InChI=1S/C13H14BrF2N3/c1-8-5-10(14)6-9(2)12(8)18-7-11-17-3-4-19(11)13(15)16/h3-6,13,18H,7H2,1-2H3. The van der Waals surface area contributed by atoms with Crippen molar-refractivity contribution in [3.05, 3.63) is 46.0 Å². The van der Waals surface area contributed by atoms with Gasteiger partial charge in [-0.2, -0.15) is 8.78 Å². The monoisotopic (exact) mass is 329 g/mol. The average molecular weight is 330 g/mol. The number of alkyl halides is 2. The summed E-state index contributed by atoms with van der Waals surface area (Å²) in [5.74, 6) is 0.316. The quantitative estimate of drug-likeness (QED) is 0.907. The van der Waals surface area contributed by atoms with Crippen molar-refractivity contribution in [2.24, 2.45) is 0 Å². The predicted molar refractivity (Wildman–Crippen MR) is 74.4 cm³/mol. The van der Waals surface area contributed by atoms with Gasteiger partial charge in [-0.15, -0.1) is 0 Å². The zero-order valence-electron chi connectivity index (χ0n) is 10.6. The summed E-state index contributed by atoms with van der Waals surface area (Å²) in [6.07, 6.45) is 2.66. The molecule has 1 aromatic carbocycles. The van der Waals surface area contributed by atoms with E-state index in [-0.39, 0.29) is 6.54 Å². The summed E-state index contributed by atoms with van der Waals surface area (Å²) in [7, 11) is 0. The molecule has 102 valence electrons. The third kappa shape index (κ3) is 3.12. The average Bonchev–Trinajstić information content (AvgIpc) is 2.75. The Kier molecular flexibility index (Phi) is 4.19. The molecule has 0 amide bonds. The number of halogens is 3. The van der Waals surface area contributed by atoms with Crippen LogP contribution in [0.4, 0.5) is 14.5 Å². The Morgan fingerprint density at radius 3 is 2.53 bits per heavy atom. The molecule has 19 heavy (non-hydrogen) atoms. The van der Waals surface area contributed by atoms with Gasteiger partial charge in [-0.3, -0.25) is 4.57 Å². The van der Waals surface area contributed by atoms with E-state index in [4.69, 9.17) is 0 Å². The molecule has 0 atom stereocenters. The van der Waals surface area contributed by atoms with Crippen molar-refractivity contribution in [1.29, 1.82) is 0 Å². The van der Waals surface area contributed by atoms with Crippen LogP contribution in [0.3, 0.4) is 0 Å². The van der Waals surface area contributed by atoms with Crippen LogP contribution < -0.4 is 5.32 Å². The fraction of sp³-hybridized carbons (Fsp3) is 0.308. The molecule has 1 aromatic heterocycles. The van der Waals surface area contributed by atoms with E-state index in [0.29, 0.717) is 5.82 Å². The number of rotatable bonds is 4. The van der Waals surface area contributed by atoms with Crippen molar-refractivity contribution < 1.29 is 8.78 Å². The Labute approximate surface area is 118 Å². The van der Waals surface area contributed by atoms with E-state index in [9.17, 15) is 8.78 Å². The highest BCUT2D eigenvalue weighted by atomic mass is 79.9. The van der Waals surface area contributed by atoms with Crippen molar-refractivity contribution in [2.75, 3.05) is 5.32 Å². The maximum Gasteiger partial charge on any atom is 0.319 e. The van der Waals surface area contributed by atoms with Gasteiger partial charge in [-0.05, 0) is 37.1 Å². The first-order chi connectivity index (χ1) is 8.99. The van der Waals surface area contributed by atoms with Gasteiger partial charge in [0, 0.05) is 22.6 Å². The van der Waals surface area contributed by atoms with Gasteiger partial charge >= 0.3 is 6.55 Å². The fourth-order valence-corrected chi connectivity index (χ4v) is 2.70. The minimum absolute atomic E-state index is 0.265. The topological polar surface area (TPSA) is 29.9 Å². The van der Waals surface area contributed by atoms with Gasteiger partial charge in [0.05, 0.1) is 6.54 Å². The number of nitrogens with zero attached hydrogens (tertiary/aromatic N) is 2. The highest BCUT2D eigenvalue weighted by Crippen LogP contribution is 2.25. The number of hydrogen-bond acceptors (Lipinski definition) is 2. The molecule has 2 aromatic rings. The van der Waals surface area contributed by atoms with E-state index >= 15 is 0 Å². The first-order valence-corrected chi connectivity index (χ1v) is 6.59. The molecular formula is C13H14BrF2N3. The molecule has 0 aliphatic carbocycles. The molecule has 3 nitrogen and oxygen atoms in total. The smallest absolute Gasteiger partial charge is 0.319 e. The molecule has 0 bridgehead atoms. The number of aromatic nitrogens is 2. The maximum atomic E-state index is 12.7. The number of nitrogens with one attached hydrogen (secondary N) is 1.